The molecule has 35 heavy (non-hydrogen) atoms. The number of aromatic nitrogens is 1. The molecule has 0 saturated heterocycles. The number of benzene rings is 2. The summed E-state index contributed by atoms with van der Waals surface area (Å²) in [6, 6.07) is 18.7. The molecule has 2 heterocycles. The molecule has 0 spiro atoms. The minimum absolute atomic E-state index is 0.128. The molecule has 4 rings (SSSR count). The standard InChI is InChI=1S/C29H36N4O2/c1-5-24-21-33(27-20-30-19-23-13-9-10-14-25(23)27)18-17-32(24)16-15-26(22-11-7-6-8-12-22)31-28(34)35-29(2,3)4/h6-14,17-20,24,26H,5,15-16,21H2,1-4H3,(H,31,34). The SMILES string of the molecule is CCC1CN(c2cncc3ccccc23)C=CN1CCC(NC(=O)OC(C)(C)C)c1ccccc1. The van der Waals surface area contributed by atoms with Crippen LogP contribution >= 0.6 is 0 Å². The summed E-state index contributed by atoms with van der Waals surface area (Å²) in [7, 11) is 0. The van der Waals surface area contributed by atoms with Gasteiger partial charge in [0.25, 0.3) is 0 Å². The van der Waals surface area contributed by atoms with Crippen LogP contribution in [-0.4, -0.2) is 40.7 Å². The number of pyridine rings is 1. The van der Waals surface area contributed by atoms with Gasteiger partial charge in [-0.1, -0.05) is 61.5 Å². The van der Waals surface area contributed by atoms with E-state index in [1.165, 1.54) is 5.39 Å². The highest BCUT2D eigenvalue weighted by molar-refractivity contribution is 5.93. The van der Waals surface area contributed by atoms with Gasteiger partial charge in [0.05, 0.1) is 17.9 Å². The van der Waals surface area contributed by atoms with Crippen LogP contribution in [0, 0.1) is 0 Å². The summed E-state index contributed by atoms with van der Waals surface area (Å²) in [6.07, 6.45) is 9.60. The van der Waals surface area contributed by atoms with Crippen LogP contribution in [0.2, 0.25) is 0 Å². The van der Waals surface area contributed by atoms with Gasteiger partial charge in [0.1, 0.15) is 5.60 Å². The van der Waals surface area contributed by atoms with E-state index in [2.05, 4.69) is 69.8 Å². The highest BCUT2D eigenvalue weighted by Crippen LogP contribution is 2.29. The van der Waals surface area contributed by atoms with Crippen molar-refractivity contribution in [2.24, 2.45) is 0 Å². The summed E-state index contributed by atoms with van der Waals surface area (Å²) in [5.74, 6) is 0. The molecule has 6 nitrogen and oxygen atoms in total. The third-order valence-corrected chi connectivity index (χ3v) is 6.31. The first-order valence-corrected chi connectivity index (χ1v) is 12.4. The van der Waals surface area contributed by atoms with Crippen molar-refractivity contribution in [1.82, 2.24) is 15.2 Å². The van der Waals surface area contributed by atoms with Crippen molar-refractivity contribution in [3.05, 3.63) is 85.0 Å². The zero-order valence-corrected chi connectivity index (χ0v) is 21.1. The summed E-state index contributed by atoms with van der Waals surface area (Å²) in [5, 5.41) is 5.44. The molecule has 0 bridgehead atoms. The summed E-state index contributed by atoms with van der Waals surface area (Å²) in [4.78, 5) is 21.7. The number of nitrogens with one attached hydrogen (secondary N) is 1. The smallest absolute Gasteiger partial charge is 0.408 e. The molecular formula is C29H36N4O2. The van der Waals surface area contributed by atoms with Crippen molar-refractivity contribution in [3.8, 4) is 0 Å². The van der Waals surface area contributed by atoms with Crippen molar-refractivity contribution >= 4 is 22.6 Å². The average molecular weight is 473 g/mol. The number of anilines is 1. The average Bonchev–Trinajstić information content (AvgIpc) is 2.85. The monoisotopic (exact) mass is 472 g/mol. The van der Waals surface area contributed by atoms with Crippen LogP contribution in [0.25, 0.3) is 10.8 Å². The molecule has 2 unspecified atom stereocenters. The second-order valence-corrected chi connectivity index (χ2v) is 10.0. The largest absolute Gasteiger partial charge is 0.444 e. The molecule has 2 atom stereocenters. The number of hydrogen-bond donors (Lipinski definition) is 1. The highest BCUT2D eigenvalue weighted by atomic mass is 16.6. The molecule has 1 N–H and O–H groups in total. The van der Waals surface area contributed by atoms with Gasteiger partial charge in [-0.25, -0.2) is 4.79 Å². The number of ether oxygens (including phenoxy) is 1. The Labute approximate surface area is 208 Å². The first kappa shape index (κ1) is 24.6. The minimum atomic E-state index is -0.534. The van der Waals surface area contributed by atoms with E-state index >= 15 is 0 Å². The Kier molecular flexibility index (Phi) is 7.59. The fourth-order valence-corrected chi connectivity index (χ4v) is 4.54. The fourth-order valence-electron chi connectivity index (χ4n) is 4.54. The lowest BCUT2D eigenvalue weighted by Gasteiger charge is -2.39. The molecule has 0 aliphatic carbocycles. The van der Waals surface area contributed by atoms with E-state index in [4.69, 9.17) is 4.74 Å². The van der Waals surface area contributed by atoms with E-state index in [1.54, 1.807) is 0 Å². The lowest BCUT2D eigenvalue weighted by molar-refractivity contribution is 0.0498. The maximum atomic E-state index is 12.5. The van der Waals surface area contributed by atoms with Crippen LogP contribution in [-0.2, 0) is 4.74 Å². The highest BCUT2D eigenvalue weighted by Gasteiger charge is 2.25. The quantitative estimate of drug-likeness (QED) is 0.440. The molecule has 6 heteroatoms. The van der Waals surface area contributed by atoms with Crippen LogP contribution in [0.5, 0.6) is 0 Å². The van der Waals surface area contributed by atoms with Crippen LogP contribution in [0.3, 0.4) is 0 Å². The number of rotatable bonds is 7. The number of carbonyl (C=O) groups is 1. The first-order valence-electron chi connectivity index (χ1n) is 12.4. The Morgan fingerprint density at radius 1 is 1.09 bits per heavy atom. The van der Waals surface area contributed by atoms with Crippen molar-refractivity contribution < 1.29 is 9.53 Å². The van der Waals surface area contributed by atoms with Gasteiger partial charge < -0.3 is 19.9 Å². The van der Waals surface area contributed by atoms with Crippen molar-refractivity contribution in [1.29, 1.82) is 0 Å². The Hall–Kier alpha value is -3.54. The summed E-state index contributed by atoms with van der Waals surface area (Å²) >= 11 is 0. The van der Waals surface area contributed by atoms with E-state index in [0.29, 0.717) is 6.04 Å². The number of carbonyl (C=O) groups excluding carboxylic acids is 1. The van der Waals surface area contributed by atoms with Gasteiger partial charge in [0.15, 0.2) is 0 Å². The molecule has 1 amide bonds. The number of alkyl carbamates (subject to hydrolysis) is 1. The van der Waals surface area contributed by atoms with Gasteiger partial charge in [-0.3, -0.25) is 4.98 Å². The third kappa shape index (κ3) is 6.32. The molecule has 0 fully saturated rings. The van der Waals surface area contributed by atoms with Crippen molar-refractivity contribution in [2.45, 2.75) is 58.2 Å². The number of amides is 1. The molecule has 1 aliphatic heterocycles. The second kappa shape index (κ2) is 10.8. The summed E-state index contributed by atoms with van der Waals surface area (Å²) < 4.78 is 5.53. The predicted octanol–water partition coefficient (Wildman–Crippen LogP) is 6.26. The van der Waals surface area contributed by atoms with Gasteiger partial charge in [-0.15, -0.1) is 0 Å². The Balaban J connectivity index is 1.48. The predicted molar refractivity (Wildman–Crippen MR) is 142 cm³/mol. The zero-order valence-electron chi connectivity index (χ0n) is 21.1. The number of hydrogen-bond acceptors (Lipinski definition) is 5. The van der Waals surface area contributed by atoms with Gasteiger partial charge >= 0.3 is 6.09 Å². The first-order chi connectivity index (χ1) is 16.8. The van der Waals surface area contributed by atoms with Gasteiger partial charge in [-0.05, 0) is 39.2 Å². The molecule has 0 saturated carbocycles. The van der Waals surface area contributed by atoms with Crippen LogP contribution in [0.1, 0.15) is 52.1 Å². The van der Waals surface area contributed by atoms with Gasteiger partial charge in [0, 0.05) is 48.5 Å². The molecule has 0 radical (unpaired) electrons. The molecule has 3 aromatic rings. The second-order valence-electron chi connectivity index (χ2n) is 10.0. The van der Waals surface area contributed by atoms with E-state index in [-0.39, 0.29) is 12.1 Å². The zero-order chi connectivity index (χ0) is 24.8. The van der Waals surface area contributed by atoms with Crippen LogP contribution in [0.15, 0.2) is 79.4 Å². The van der Waals surface area contributed by atoms with Crippen molar-refractivity contribution in [3.63, 3.8) is 0 Å². The molecule has 2 aromatic carbocycles. The lowest BCUT2D eigenvalue weighted by atomic mass is 10.0. The third-order valence-electron chi connectivity index (χ3n) is 6.31. The number of fused-ring (bicyclic) bond motifs is 1. The maximum Gasteiger partial charge on any atom is 0.408 e. The van der Waals surface area contributed by atoms with Crippen LogP contribution < -0.4 is 10.2 Å². The lowest BCUT2D eigenvalue weighted by Crippen LogP contribution is -2.45. The molecule has 184 valence electrons. The van der Waals surface area contributed by atoms with Crippen LogP contribution in [0.4, 0.5) is 10.5 Å². The Morgan fingerprint density at radius 3 is 2.57 bits per heavy atom. The van der Waals surface area contributed by atoms with Gasteiger partial charge in [0.2, 0.25) is 0 Å². The van der Waals surface area contributed by atoms with E-state index in [9.17, 15) is 4.79 Å². The Bertz CT molecular complexity index is 1150. The maximum absolute atomic E-state index is 12.5. The van der Waals surface area contributed by atoms with E-state index in [0.717, 1.165) is 42.6 Å². The molecule has 1 aromatic heterocycles. The van der Waals surface area contributed by atoms with E-state index in [1.807, 2.05) is 57.4 Å². The molecule has 1 aliphatic rings. The minimum Gasteiger partial charge on any atom is -0.444 e. The Morgan fingerprint density at radius 2 is 1.83 bits per heavy atom. The van der Waals surface area contributed by atoms with Gasteiger partial charge in [-0.2, -0.15) is 0 Å². The fraction of sp³-hybridized carbons (Fsp3) is 0.379. The van der Waals surface area contributed by atoms with E-state index < -0.39 is 5.60 Å². The summed E-state index contributed by atoms with van der Waals surface area (Å²) in [6.45, 7) is 9.58. The summed E-state index contributed by atoms with van der Waals surface area (Å²) in [5.41, 5.74) is 1.68. The molecular weight excluding hydrogens is 436 g/mol. The topological polar surface area (TPSA) is 57.7 Å². The normalized spacial score (nSPS) is 16.9. The van der Waals surface area contributed by atoms with Crippen molar-refractivity contribution in [2.75, 3.05) is 18.0 Å². The number of nitrogens with zero attached hydrogens (tertiary/aromatic N) is 3.